The van der Waals surface area contributed by atoms with Crippen molar-refractivity contribution < 1.29 is 8.42 Å². The summed E-state index contributed by atoms with van der Waals surface area (Å²) < 4.78 is 29.8. The van der Waals surface area contributed by atoms with Crippen LogP contribution in [0.1, 0.15) is 17.0 Å². The van der Waals surface area contributed by atoms with Crippen LogP contribution in [0.2, 0.25) is 0 Å². The van der Waals surface area contributed by atoms with Crippen molar-refractivity contribution in [3.63, 3.8) is 0 Å². The van der Waals surface area contributed by atoms with Crippen LogP contribution in [0.5, 0.6) is 0 Å². The molecule has 0 bridgehead atoms. The predicted molar refractivity (Wildman–Crippen MR) is 95.0 cm³/mol. The zero-order valence-corrected chi connectivity index (χ0v) is 14.6. The van der Waals surface area contributed by atoms with E-state index in [1.807, 2.05) is 36.4 Å². The summed E-state index contributed by atoms with van der Waals surface area (Å²) in [6.07, 6.45) is 0. The third-order valence-corrected chi connectivity index (χ3v) is 5.39. The highest BCUT2D eigenvalue weighted by atomic mass is 32.2. The summed E-state index contributed by atoms with van der Waals surface area (Å²) in [7, 11) is -3.80. The number of benzene rings is 2. The Morgan fingerprint density at radius 2 is 1.68 bits per heavy atom. The summed E-state index contributed by atoms with van der Waals surface area (Å²) >= 11 is 0. The molecular weight excluding hydrogens is 336 g/mol. The molecule has 1 N–H and O–H groups in total. The average Bonchev–Trinajstić information content (AvgIpc) is 2.91. The van der Waals surface area contributed by atoms with Crippen molar-refractivity contribution >= 4 is 15.7 Å². The Hall–Kier alpha value is -3.11. The fraction of sp³-hybridized carbons (Fsp3) is 0.111. The number of aromatic nitrogens is 2. The second-order valence-corrected chi connectivity index (χ2v) is 7.16. The van der Waals surface area contributed by atoms with Gasteiger partial charge in [-0.25, -0.2) is 13.1 Å². The van der Waals surface area contributed by atoms with Gasteiger partial charge in [-0.3, -0.25) is 4.72 Å². The van der Waals surface area contributed by atoms with Gasteiger partial charge in [0.05, 0.1) is 28.7 Å². The van der Waals surface area contributed by atoms with E-state index < -0.39 is 10.0 Å². The molecule has 0 saturated heterocycles. The number of aryl methyl sites for hydroxylation is 1. The zero-order valence-electron chi connectivity index (χ0n) is 13.8. The number of anilines is 1. The molecule has 0 aliphatic rings. The van der Waals surface area contributed by atoms with E-state index in [9.17, 15) is 8.42 Å². The molecule has 1 heterocycles. The van der Waals surface area contributed by atoms with Gasteiger partial charge in [0.25, 0.3) is 10.0 Å². The smallest absolute Gasteiger partial charge is 0.265 e. The van der Waals surface area contributed by atoms with E-state index in [-0.39, 0.29) is 4.90 Å². The first-order valence-corrected chi connectivity index (χ1v) is 9.05. The third-order valence-electron chi connectivity index (χ3n) is 3.76. The van der Waals surface area contributed by atoms with Crippen LogP contribution in [0.3, 0.4) is 0 Å². The van der Waals surface area contributed by atoms with Crippen molar-refractivity contribution in [1.29, 1.82) is 5.26 Å². The number of rotatable bonds is 4. The van der Waals surface area contributed by atoms with Crippen molar-refractivity contribution in [1.82, 2.24) is 9.78 Å². The van der Waals surface area contributed by atoms with Gasteiger partial charge in [-0.2, -0.15) is 10.4 Å². The Kier molecular flexibility index (Phi) is 4.30. The molecule has 0 aliphatic heterocycles. The van der Waals surface area contributed by atoms with Crippen molar-refractivity contribution in [2.45, 2.75) is 18.7 Å². The van der Waals surface area contributed by atoms with E-state index in [4.69, 9.17) is 5.26 Å². The minimum atomic E-state index is -3.80. The molecule has 0 amide bonds. The molecule has 0 fully saturated rings. The highest BCUT2D eigenvalue weighted by Crippen LogP contribution is 2.25. The van der Waals surface area contributed by atoms with E-state index in [0.717, 1.165) is 5.69 Å². The quantitative estimate of drug-likeness (QED) is 0.781. The van der Waals surface area contributed by atoms with Gasteiger partial charge in [0.15, 0.2) is 0 Å². The number of hydrogen-bond acceptors (Lipinski definition) is 4. The molecule has 3 rings (SSSR count). The first-order valence-electron chi connectivity index (χ1n) is 7.57. The molecule has 0 aliphatic carbocycles. The van der Waals surface area contributed by atoms with Crippen molar-refractivity contribution in [3.05, 3.63) is 71.5 Å². The molecule has 3 aromatic rings. The van der Waals surface area contributed by atoms with Crippen molar-refractivity contribution in [2.24, 2.45) is 0 Å². The Morgan fingerprint density at radius 1 is 1.04 bits per heavy atom. The van der Waals surface area contributed by atoms with Crippen LogP contribution < -0.4 is 4.72 Å². The Bertz CT molecular complexity index is 1050. The zero-order chi connectivity index (χ0) is 18.0. The number of hydrogen-bond donors (Lipinski definition) is 1. The summed E-state index contributed by atoms with van der Waals surface area (Å²) in [5.74, 6) is 0. The largest absolute Gasteiger partial charge is 0.280 e. The van der Waals surface area contributed by atoms with E-state index in [1.165, 1.54) is 0 Å². The van der Waals surface area contributed by atoms with E-state index >= 15 is 0 Å². The van der Waals surface area contributed by atoms with Crippen molar-refractivity contribution in [3.8, 4) is 11.8 Å². The first-order chi connectivity index (χ1) is 11.9. The second kappa shape index (κ2) is 6.42. The Balaban J connectivity index is 2.00. The molecule has 0 radical (unpaired) electrons. The summed E-state index contributed by atoms with van der Waals surface area (Å²) in [6.45, 7) is 3.39. The topological polar surface area (TPSA) is 87.8 Å². The fourth-order valence-electron chi connectivity index (χ4n) is 2.66. The van der Waals surface area contributed by atoms with E-state index in [0.29, 0.717) is 22.6 Å². The molecular formula is C18H16N4O2S. The number of para-hydroxylation sites is 1. The molecule has 25 heavy (non-hydrogen) atoms. The van der Waals surface area contributed by atoms with Crippen LogP contribution in [-0.4, -0.2) is 18.2 Å². The van der Waals surface area contributed by atoms with Crippen LogP contribution in [-0.2, 0) is 10.0 Å². The van der Waals surface area contributed by atoms with Crippen LogP contribution in [0.4, 0.5) is 5.69 Å². The van der Waals surface area contributed by atoms with Gasteiger partial charge in [-0.1, -0.05) is 18.2 Å². The minimum absolute atomic E-state index is 0.153. The lowest BCUT2D eigenvalue weighted by Crippen LogP contribution is -2.15. The van der Waals surface area contributed by atoms with Gasteiger partial charge < -0.3 is 0 Å². The summed E-state index contributed by atoms with van der Waals surface area (Å²) in [6, 6.07) is 17.6. The fourth-order valence-corrected chi connectivity index (χ4v) is 4.11. The molecule has 0 atom stereocenters. The van der Waals surface area contributed by atoms with Gasteiger partial charge in [-0.15, -0.1) is 0 Å². The maximum atomic E-state index is 12.8. The molecule has 7 heteroatoms. The number of nitrogens with one attached hydrogen (secondary N) is 1. The van der Waals surface area contributed by atoms with Crippen LogP contribution in [0.15, 0.2) is 59.5 Å². The Morgan fingerprint density at radius 3 is 2.28 bits per heavy atom. The van der Waals surface area contributed by atoms with E-state index in [2.05, 4.69) is 9.82 Å². The molecule has 0 unspecified atom stereocenters. The van der Waals surface area contributed by atoms with Gasteiger partial charge in [-0.05, 0) is 50.2 Å². The van der Waals surface area contributed by atoms with Crippen LogP contribution >= 0.6 is 0 Å². The predicted octanol–water partition coefficient (Wildman–Crippen LogP) is 3.16. The SMILES string of the molecule is Cc1nn(-c2ccccc2)c(C)c1S(=O)(=O)Nc1ccc(C#N)cc1. The maximum absolute atomic E-state index is 12.8. The average molecular weight is 352 g/mol. The Labute approximate surface area is 146 Å². The highest BCUT2D eigenvalue weighted by molar-refractivity contribution is 7.92. The molecule has 1 aromatic heterocycles. The molecule has 6 nitrogen and oxygen atoms in total. The highest BCUT2D eigenvalue weighted by Gasteiger charge is 2.25. The van der Waals surface area contributed by atoms with Gasteiger partial charge in [0.2, 0.25) is 0 Å². The molecule has 126 valence electrons. The third kappa shape index (κ3) is 3.25. The summed E-state index contributed by atoms with van der Waals surface area (Å²) in [5.41, 5.74) is 2.60. The van der Waals surface area contributed by atoms with Crippen molar-refractivity contribution in [2.75, 3.05) is 4.72 Å². The summed E-state index contributed by atoms with van der Waals surface area (Å²) in [4.78, 5) is 0.153. The maximum Gasteiger partial charge on any atom is 0.265 e. The van der Waals surface area contributed by atoms with Gasteiger partial charge >= 0.3 is 0 Å². The van der Waals surface area contributed by atoms with Gasteiger partial charge in [0.1, 0.15) is 4.90 Å². The normalized spacial score (nSPS) is 11.1. The van der Waals surface area contributed by atoms with E-state index in [1.54, 1.807) is 42.8 Å². The van der Waals surface area contributed by atoms with Crippen LogP contribution in [0.25, 0.3) is 5.69 Å². The minimum Gasteiger partial charge on any atom is -0.280 e. The summed E-state index contributed by atoms with van der Waals surface area (Å²) in [5, 5.41) is 13.2. The number of nitrogens with zero attached hydrogens (tertiary/aromatic N) is 3. The molecule has 0 saturated carbocycles. The second-order valence-electron chi connectivity index (χ2n) is 5.54. The van der Waals surface area contributed by atoms with Crippen LogP contribution in [0, 0.1) is 25.2 Å². The lowest BCUT2D eigenvalue weighted by Gasteiger charge is -2.09. The standard InChI is InChI=1S/C18H16N4O2S/c1-13-18(14(2)22(20-13)17-6-4-3-5-7-17)25(23,24)21-16-10-8-15(12-19)9-11-16/h3-11,21H,1-2H3. The molecule has 0 spiro atoms. The number of sulfonamides is 1. The number of nitriles is 1. The first kappa shape index (κ1) is 16.7. The monoisotopic (exact) mass is 352 g/mol. The van der Waals surface area contributed by atoms with Gasteiger partial charge in [0, 0.05) is 5.69 Å². The lowest BCUT2D eigenvalue weighted by atomic mass is 10.2. The molecule has 2 aromatic carbocycles. The lowest BCUT2D eigenvalue weighted by molar-refractivity contribution is 0.600.